The molecule has 0 fully saturated rings. The zero-order valence-corrected chi connectivity index (χ0v) is 10.4. The van der Waals surface area contributed by atoms with E-state index in [4.69, 9.17) is 0 Å². The number of Topliss-reactive ketones (excluding diaryl/α,β-unsaturated/α-hetero) is 1. The highest BCUT2D eigenvalue weighted by atomic mass is 16.2. The van der Waals surface area contributed by atoms with Crippen molar-refractivity contribution in [1.29, 1.82) is 0 Å². The molecule has 0 aliphatic carbocycles. The molecule has 0 aromatic rings. The summed E-state index contributed by atoms with van der Waals surface area (Å²) >= 11 is 0. The smallest absolute Gasteiger partial charge is 0.236 e. The van der Waals surface area contributed by atoms with Crippen LogP contribution in [0.2, 0.25) is 0 Å². The fraction of sp³-hybridized carbons (Fsp3) is 0.818. The molecule has 0 rings (SSSR count). The fourth-order valence-corrected chi connectivity index (χ4v) is 1.34. The largest absolute Gasteiger partial charge is 0.348 e. The summed E-state index contributed by atoms with van der Waals surface area (Å²) in [5.74, 6) is 0.219. The van der Waals surface area contributed by atoms with E-state index < -0.39 is 0 Å². The zero-order chi connectivity index (χ0) is 12.0. The van der Waals surface area contributed by atoms with Gasteiger partial charge in [-0.3, -0.25) is 14.5 Å². The first-order valence-corrected chi connectivity index (χ1v) is 5.40. The summed E-state index contributed by atoms with van der Waals surface area (Å²) < 4.78 is 0. The Labute approximate surface area is 92.2 Å². The van der Waals surface area contributed by atoms with Crippen molar-refractivity contribution in [3.8, 4) is 0 Å². The summed E-state index contributed by atoms with van der Waals surface area (Å²) in [5.41, 5.74) is 0. The molecular weight excluding hydrogens is 192 g/mol. The molecule has 0 N–H and O–H groups in total. The average Bonchev–Trinajstić information content (AvgIpc) is 2.23. The third kappa shape index (κ3) is 4.42. The summed E-state index contributed by atoms with van der Waals surface area (Å²) in [4.78, 5) is 26.4. The second-order valence-corrected chi connectivity index (χ2v) is 3.85. The van der Waals surface area contributed by atoms with E-state index in [2.05, 4.69) is 0 Å². The molecule has 0 aromatic heterocycles. The van der Waals surface area contributed by atoms with E-state index >= 15 is 0 Å². The Morgan fingerprint density at radius 2 is 1.73 bits per heavy atom. The van der Waals surface area contributed by atoms with Gasteiger partial charge in [0.2, 0.25) is 5.91 Å². The quantitative estimate of drug-likeness (QED) is 0.655. The molecule has 1 amide bonds. The molecule has 15 heavy (non-hydrogen) atoms. The average molecular weight is 214 g/mol. The number of ketones is 1. The van der Waals surface area contributed by atoms with Crippen LogP contribution in [0.15, 0.2) is 0 Å². The van der Waals surface area contributed by atoms with Crippen LogP contribution in [0.4, 0.5) is 0 Å². The lowest BCUT2D eigenvalue weighted by atomic mass is 10.1. The number of nitrogens with zero attached hydrogens (tertiary/aromatic N) is 2. The zero-order valence-electron chi connectivity index (χ0n) is 10.4. The van der Waals surface area contributed by atoms with Gasteiger partial charge >= 0.3 is 0 Å². The van der Waals surface area contributed by atoms with E-state index in [1.807, 2.05) is 25.7 Å². The summed E-state index contributed by atoms with van der Waals surface area (Å²) in [5, 5.41) is 0. The van der Waals surface area contributed by atoms with Crippen molar-refractivity contribution in [3.63, 3.8) is 0 Å². The molecule has 0 heterocycles. The Bertz CT molecular complexity index is 227. The predicted octanol–water partition coefficient (Wildman–Crippen LogP) is 0.764. The van der Waals surface area contributed by atoms with Gasteiger partial charge in [0.1, 0.15) is 5.78 Å². The molecule has 0 bridgehead atoms. The van der Waals surface area contributed by atoms with Crippen LogP contribution < -0.4 is 0 Å². The van der Waals surface area contributed by atoms with Crippen molar-refractivity contribution in [1.82, 2.24) is 9.80 Å². The molecular formula is C11H22N2O2. The molecule has 1 unspecified atom stereocenters. The first-order chi connectivity index (χ1) is 6.93. The van der Waals surface area contributed by atoms with Crippen LogP contribution in [0.25, 0.3) is 0 Å². The second-order valence-electron chi connectivity index (χ2n) is 3.85. The van der Waals surface area contributed by atoms with Gasteiger partial charge in [-0.05, 0) is 13.5 Å². The lowest BCUT2D eigenvalue weighted by Crippen LogP contribution is -2.44. The molecule has 0 saturated heterocycles. The van der Waals surface area contributed by atoms with Crippen LogP contribution in [0.3, 0.4) is 0 Å². The Morgan fingerprint density at radius 1 is 1.20 bits per heavy atom. The number of carbonyl (C=O) groups is 2. The van der Waals surface area contributed by atoms with Crippen LogP contribution in [0.5, 0.6) is 0 Å². The first kappa shape index (κ1) is 14.1. The van der Waals surface area contributed by atoms with Gasteiger partial charge in [0.25, 0.3) is 0 Å². The van der Waals surface area contributed by atoms with Gasteiger partial charge < -0.3 is 4.90 Å². The highest BCUT2D eigenvalue weighted by Gasteiger charge is 2.21. The number of amides is 1. The number of carbonyl (C=O) groups excluding carboxylic acids is 2. The number of hydrogen-bond donors (Lipinski definition) is 0. The summed E-state index contributed by atoms with van der Waals surface area (Å²) in [7, 11) is 3.45. The van der Waals surface area contributed by atoms with Gasteiger partial charge in [0.05, 0.1) is 12.6 Å². The second kappa shape index (κ2) is 6.56. The summed E-state index contributed by atoms with van der Waals surface area (Å²) in [6.07, 6.45) is 0.522. The normalized spacial score (nSPS) is 12.7. The number of likely N-dealkylation sites (N-methyl/N-ethyl adjacent to an activating group) is 2. The van der Waals surface area contributed by atoms with Crippen molar-refractivity contribution < 1.29 is 9.59 Å². The predicted molar refractivity (Wildman–Crippen MR) is 60.7 cm³/mol. The van der Waals surface area contributed by atoms with Crippen LogP contribution in [0.1, 0.15) is 27.2 Å². The number of rotatable bonds is 6. The third-order valence-corrected chi connectivity index (χ3v) is 2.61. The van der Waals surface area contributed by atoms with Crippen molar-refractivity contribution >= 4 is 11.7 Å². The minimum atomic E-state index is -0.163. The van der Waals surface area contributed by atoms with Crippen molar-refractivity contribution in [2.24, 2.45) is 0 Å². The molecule has 0 spiro atoms. The molecule has 88 valence electrons. The van der Waals surface area contributed by atoms with E-state index in [1.165, 1.54) is 0 Å². The van der Waals surface area contributed by atoms with Crippen LogP contribution in [0, 0.1) is 0 Å². The third-order valence-electron chi connectivity index (χ3n) is 2.61. The minimum absolute atomic E-state index is 0.0348. The Kier molecular flexibility index (Phi) is 6.17. The molecule has 0 saturated carbocycles. The Balaban J connectivity index is 4.36. The molecule has 4 nitrogen and oxygen atoms in total. The molecule has 4 heteroatoms. The van der Waals surface area contributed by atoms with E-state index in [0.29, 0.717) is 19.5 Å². The Morgan fingerprint density at radius 3 is 2.07 bits per heavy atom. The summed E-state index contributed by atoms with van der Waals surface area (Å²) in [6, 6.07) is -0.163. The van der Waals surface area contributed by atoms with Gasteiger partial charge in [-0.25, -0.2) is 0 Å². The SMILES string of the molecule is CCC(=O)C(C)N(CC)CC(=O)N(C)C. The van der Waals surface area contributed by atoms with E-state index in [1.54, 1.807) is 19.0 Å². The lowest BCUT2D eigenvalue weighted by Gasteiger charge is -2.27. The van der Waals surface area contributed by atoms with E-state index in [9.17, 15) is 9.59 Å². The van der Waals surface area contributed by atoms with Crippen molar-refractivity contribution in [2.45, 2.75) is 33.2 Å². The topological polar surface area (TPSA) is 40.6 Å². The van der Waals surface area contributed by atoms with Gasteiger partial charge in [-0.1, -0.05) is 13.8 Å². The standard InChI is InChI=1S/C11H22N2O2/c1-6-10(14)9(3)13(7-2)8-11(15)12(4)5/h9H,6-8H2,1-5H3. The van der Waals surface area contributed by atoms with E-state index in [0.717, 1.165) is 0 Å². The molecule has 1 atom stereocenters. The molecule has 0 aliphatic heterocycles. The fourth-order valence-electron chi connectivity index (χ4n) is 1.34. The van der Waals surface area contributed by atoms with Crippen LogP contribution >= 0.6 is 0 Å². The first-order valence-electron chi connectivity index (χ1n) is 5.40. The maximum Gasteiger partial charge on any atom is 0.236 e. The summed E-state index contributed by atoms with van der Waals surface area (Å²) in [6.45, 7) is 6.70. The van der Waals surface area contributed by atoms with Crippen molar-refractivity contribution in [2.75, 3.05) is 27.2 Å². The molecule has 0 radical (unpaired) electrons. The van der Waals surface area contributed by atoms with E-state index in [-0.39, 0.29) is 17.7 Å². The minimum Gasteiger partial charge on any atom is -0.348 e. The van der Waals surface area contributed by atoms with Crippen molar-refractivity contribution in [3.05, 3.63) is 0 Å². The van der Waals surface area contributed by atoms with Crippen LogP contribution in [-0.2, 0) is 9.59 Å². The maximum absolute atomic E-state index is 11.5. The van der Waals surface area contributed by atoms with Crippen LogP contribution in [-0.4, -0.2) is 54.7 Å². The molecule has 0 aliphatic rings. The Hall–Kier alpha value is -0.900. The van der Waals surface area contributed by atoms with Gasteiger partial charge in [0, 0.05) is 20.5 Å². The lowest BCUT2D eigenvalue weighted by molar-refractivity contribution is -0.132. The molecule has 0 aromatic carbocycles. The van der Waals surface area contributed by atoms with Gasteiger partial charge in [-0.15, -0.1) is 0 Å². The maximum atomic E-state index is 11.5. The highest BCUT2D eigenvalue weighted by molar-refractivity contribution is 5.84. The number of hydrogen-bond acceptors (Lipinski definition) is 3. The monoisotopic (exact) mass is 214 g/mol. The van der Waals surface area contributed by atoms with Gasteiger partial charge in [0.15, 0.2) is 0 Å². The van der Waals surface area contributed by atoms with Gasteiger partial charge in [-0.2, -0.15) is 0 Å². The highest BCUT2D eigenvalue weighted by Crippen LogP contribution is 2.03.